The number of esters is 3. The van der Waals surface area contributed by atoms with Gasteiger partial charge in [0.25, 0.3) is 0 Å². The van der Waals surface area contributed by atoms with Crippen LogP contribution in [0.25, 0.3) is 6.08 Å². The van der Waals surface area contributed by atoms with Gasteiger partial charge in [0.15, 0.2) is 0 Å². The monoisotopic (exact) mass is 530 g/mol. The maximum atomic E-state index is 12.5. The number of rotatable bonds is 13. The van der Waals surface area contributed by atoms with Gasteiger partial charge in [-0.05, 0) is 92.1 Å². The van der Waals surface area contributed by atoms with Crippen LogP contribution in [0.15, 0.2) is 91.0 Å². The Morgan fingerprint density at radius 2 is 1.31 bits per heavy atom. The van der Waals surface area contributed by atoms with E-state index in [0.717, 1.165) is 11.3 Å². The van der Waals surface area contributed by atoms with Gasteiger partial charge in [-0.2, -0.15) is 0 Å². The molecule has 0 atom stereocenters. The molecule has 0 aliphatic heterocycles. The van der Waals surface area contributed by atoms with E-state index in [0.29, 0.717) is 54.4 Å². The zero-order valence-corrected chi connectivity index (χ0v) is 21.9. The minimum Gasteiger partial charge on any atom is -0.497 e. The maximum absolute atomic E-state index is 12.5. The quantitative estimate of drug-likeness (QED) is 0.118. The lowest BCUT2D eigenvalue weighted by Crippen LogP contribution is -2.09. The standard InChI is InChI=1S/C31H30O8/c1-22(2)30(33)37-21-5-4-20-36-26-13-9-24(10-14-26)31(34)39-28-17-15-27(16-18-28)38-29(32)19-8-23-6-11-25(35-3)12-7-23/h6-19H,1,4-5,20-21H2,2-3H3/b19-8+. The molecule has 0 unspecified atom stereocenters. The number of hydrogen-bond acceptors (Lipinski definition) is 8. The molecule has 0 amide bonds. The molecule has 0 fully saturated rings. The highest BCUT2D eigenvalue weighted by Crippen LogP contribution is 2.20. The van der Waals surface area contributed by atoms with Crippen LogP contribution < -0.4 is 18.9 Å². The second kappa shape index (κ2) is 14.8. The minimum atomic E-state index is -0.538. The molecule has 39 heavy (non-hydrogen) atoms. The molecule has 0 saturated heterocycles. The van der Waals surface area contributed by atoms with Crippen molar-refractivity contribution in [1.82, 2.24) is 0 Å². The van der Waals surface area contributed by atoms with Crippen molar-refractivity contribution in [2.24, 2.45) is 0 Å². The Hall–Kier alpha value is -4.85. The Balaban J connectivity index is 1.40. The van der Waals surface area contributed by atoms with E-state index in [1.54, 1.807) is 68.6 Å². The third-order valence-electron chi connectivity index (χ3n) is 5.26. The molecular weight excluding hydrogens is 500 g/mol. The number of ether oxygens (including phenoxy) is 5. The van der Waals surface area contributed by atoms with E-state index in [1.807, 2.05) is 12.1 Å². The van der Waals surface area contributed by atoms with Crippen molar-refractivity contribution in [3.8, 4) is 23.0 Å². The lowest BCUT2D eigenvalue weighted by atomic mass is 10.2. The number of carbonyl (C=O) groups is 3. The molecule has 0 aliphatic carbocycles. The maximum Gasteiger partial charge on any atom is 0.343 e. The van der Waals surface area contributed by atoms with Crippen molar-refractivity contribution in [3.05, 3.63) is 102 Å². The Bertz CT molecular complexity index is 1290. The molecule has 0 heterocycles. The molecule has 0 N–H and O–H groups in total. The SMILES string of the molecule is C=C(C)C(=O)OCCCCOc1ccc(C(=O)Oc2ccc(OC(=O)/C=C/c3ccc(OC)cc3)cc2)cc1. The molecule has 0 saturated carbocycles. The Morgan fingerprint density at radius 1 is 0.744 bits per heavy atom. The van der Waals surface area contributed by atoms with E-state index in [4.69, 9.17) is 23.7 Å². The normalized spacial score (nSPS) is 10.5. The molecule has 202 valence electrons. The molecular formula is C31H30O8. The topological polar surface area (TPSA) is 97.4 Å². The van der Waals surface area contributed by atoms with Gasteiger partial charge in [0, 0.05) is 11.6 Å². The van der Waals surface area contributed by atoms with Gasteiger partial charge in [0.2, 0.25) is 0 Å². The van der Waals surface area contributed by atoms with E-state index in [-0.39, 0.29) is 0 Å². The number of unbranched alkanes of at least 4 members (excludes halogenated alkanes) is 1. The zero-order valence-electron chi connectivity index (χ0n) is 21.9. The van der Waals surface area contributed by atoms with Crippen molar-refractivity contribution >= 4 is 24.0 Å². The first-order valence-electron chi connectivity index (χ1n) is 12.3. The highest BCUT2D eigenvalue weighted by atomic mass is 16.5. The summed E-state index contributed by atoms with van der Waals surface area (Å²) in [4.78, 5) is 35.9. The van der Waals surface area contributed by atoms with E-state index in [2.05, 4.69) is 6.58 Å². The fraction of sp³-hybridized carbons (Fsp3) is 0.194. The molecule has 3 aromatic rings. The average molecular weight is 531 g/mol. The summed E-state index contributed by atoms with van der Waals surface area (Å²) in [6.07, 6.45) is 4.34. The van der Waals surface area contributed by atoms with E-state index >= 15 is 0 Å². The minimum absolute atomic E-state index is 0.307. The van der Waals surface area contributed by atoms with Crippen molar-refractivity contribution in [3.63, 3.8) is 0 Å². The Labute approximate surface area is 227 Å². The van der Waals surface area contributed by atoms with Crippen LogP contribution in [0.2, 0.25) is 0 Å². The zero-order chi connectivity index (χ0) is 28.0. The number of carbonyl (C=O) groups excluding carboxylic acids is 3. The van der Waals surface area contributed by atoms with E-state index in [1.165, 1.54) is 18.2 Å². The number of hydrogen-bond donors (Lipinski definition) is 0. The predicted octanol–water partition coefficient (Wildman–Crippen LogP) is 5.81. The van der Waals surface area contributed by atoms with Gasteiger partial charge in [-0.15, -0.1) is 0 Å². The fourth-order valence-electron chi connectivity index (χ4n) is 3.14. The van der Waals surface area contributed by atoms with Gasteiger partial charge in [-0.25, -0.2) is 14.4 Å². The van der Waals surface area contributed by atoms with Gasteiger partial charge in [0.05, 0.1) is 25.9 Å². The van der Waals surface area contributed by atoms with Crippen LogP contribution in [-0.2, 0) is 14.3 Å². The summed E-state index contributed by atoms with van der Waals surface area (Å²) in [6.45, 7) is 5.89. The third-order valence-corrected chi connectivity index (χ3v) is 5.26. The summed E-state index contributed by atoms with van der Waals surface area (Å²) < 4.78 is 26.5. The highest BCUT2D eigenvalue weighted by molar-refractivity contribution is 5.91. The van der Waals surface area contributed by atoms with Crippen molar-refractivity contribution in [2.75, 3.05) is 20.3 Å². The summed E-state index contributed by atoms with van der Waals surface area (Å²) in [5, 5.41) is 0. The van der Waals surface area contributed by atoms with Crippen LogP contribution in [0.3, 0.4) is 0 Å². The summed E-state index contributed by atoms with van der Waals surface area (Å²) in [7, 11) is 1.59. The van der Waals surface area contributed by atoms with Crippen LogP contribution in [-0.4, -0.2) is 38.2 Å². The van der Waals surface area contributed by atoms with Gasteiger partial charge < -0.3 is 23.7 Å². The first-order valence-corrected chi connectivity index (χ1v) is 12.3. The fourth-order valence-corrected chi connectivity index (χ4v) is 3.14. The lowest BCUT2D eigenvalue weighted by Gasteiger charge is -2.08. The molecule has 0 bridgehead atoms. The van der Waals surface area contributed by atoms with Crippen molar-refractivity contribution in [2.45, 2.75) is 19.8 Å². The molecule has 3 rings (SSSR count). The molecule has 0 aromatic heterocycles. The summed E-state index contributed by atoms with van der Waals surface area (Å²) >= 11 is 0. The summed E-state index contributed by atoms with van der Waals surface area (Å²) in [6, 6.07) is 20.0. The first-order chi connectivity index (χ1) is 18.8. The van der Waals surface area contributed by atoms with Gasteiger partial charge in [0.1, 0.15) is 23.0 Å². The summed E-state index contributed by atoms with van der Waals surface area (Å²) in [5.74, 6) is 0.489. The second-order valence-corrected chi connectivity index (χ2v) is 8.38. The van der Waals surface area contributed by atoms with Gasteiger partial charge >= 0.3 is 17.9 Å². The molecule has 8 heteroatoms. The van der Waals surface area contributed by atoms with Crippen LogP contribution >= 0.6 is 0 Å². The number of methoxy groups -OCH3 is 1. The summed E-state index contributed by atoms with van der Waals surface area (Å²) in [5.41, 5.74) is 1.55. The van der Waals surface area contributed by atoms with Crippen LogP contribution in [0.1, 0.15) is 35.7 Å². The van der Waals surface area contributed by atoms with Gasteiger partial charge in [-0.3, -0.25) is 0 Å². The number of benzene rings is 3. The Morgan fingerprint density at radius 3 is 1.92 bits per heavy atom. The highest BCUT2D eigenvalue weighted by Gasteiger charge is 2.10. The molecule has 8 nitrogen and oxygen atoms in total. The molecule has 0 aliphatic rings. The van der Waals surface area contributed by atoms with Crippen molar-refractivity contribution in [1.29, 1.82) is 0 Å². The largest absolute Gasteiger partial charge is 0.497 e. The molecule has 3 aromatic carbocycles. The Kier molecular flexibility index (Phi) is 10.9. The van der Waals surface area contributed by atoms with Crippen LogP contribution in [0, 0.1) is 0 Å². The lowest BCUT2D eigenvalue weighted by molar-refractivity contribution is -0.139. The average Bonchev–Trinajstić information content (AvgIpc) is 2.95. The smallest absolute Gasteiger partial charge is 0.343 e. The van der Waals surface area contributed by atoms with Crippen LogP contribution in [0.4, 0.5) is 0 Å². The second-order valence-electron chi connectivity index (χ2n) is 8.38. The van der Waals surface area contributed by atoms with E-state index in [9.17, 15) is 14.4 Å². The predicted molar refractivity (Wildman–Crippen MR) is 146 cm³/mol. The molecule has 0 spiro atoms. The third kappa shape index (κ3) is 9.85. The van der Waals surface area contributed by atoms with Gasteiger partial charge in [-0.1, -0.05) is 18.7 Å². The van der Waals surface area contributed by atoms with E-state index < -0.39 is 17.9 Å². The first kappa shape index (κ1) is 28.7. The molecule has 0 radical (unpaired) electrons. The van der Waals surface area contributed by atoms with Crippen molar-refractivity contribution < 1.29 is 38.1 Å². The van der Waals surface area contributed by atoms with Crippen LogP contribution in [0.5, 0.6) is 23.0 Å².